The highest BCUT2D eigenvalue weighted by atomic mass is 35.6. The van der Waals surface area contributed by atoms with Gasteiger partial charge in [-0.05, 0) is 0 Å². The number of carboxylic acids is 1. The van der Waals surface area contributed by atoms with Crippen LogP contribution >= 0.6 is 46.6 Å². The van der Waals surface area contributed by atoms with E-state index in [0.717, 1.165) is 4.90 Å². The Balaban J connectivity index is 2.05. The summed E-state index contributed by atoms with van der Waals surface area (Å²) in [5, 5.41) is 10.5. The van der Waals surface area contributed by atoms with Gasteiger partial charge in [0.25, 0.3) is 9.70 Å². The minimum Gasteiger partial charge on any atom is -0.477 e. The Morgan fingerprint density at radius 1 is 1.42 bits per heavy atom. The number of ether oxygens (including phenoxy) is 1. The van der Waals surface area contributed by atoms with Crippen molar-refractivity contribution >= 4 is 70.4 Å². The number of carboxylic acid groups (broad SMARTS) is 1. The second kappa shape index (κ2) is 6.96. The summed E-state index contributed by atoms with van der Waals surface area (Å²) in [6, 6.07) is -0.767. The number of alkyl halides is 3. The van der Waals surface area contributed by atoms with Crippen molar-refractivity contribution in [2.45, 2.75) is 15.2 Å². The number of carbonyl (C=O) groups excluding carboxylic acids is 3. The third kappa shape index (κ3) is 3.72. The van der Waals surface area contributed by atoms with Gasteiger partial charge in [0, 0.05) is 11.3 Å². The molecule has 2 aliphatic rings. The van der Waals surface area contributed by atoms with Crippen LogP contribution < -0.4 is 11.1 Å². The molecule has 1 saturated heterocycles. The second-order valence-corrected chi connectivity index (χ2v) is 8.11. The molecule has 0 spiro atoms. The van der Waals surface area contributed by atoms with E-state index < -0.39 is 45.7 Å². The molecule has 0 aromatic heterocycles. The smallest absolute Gasteiger partial charge is 0.414 e. The molecule has 2 atom stereocenters. The lowest BCUT2D eigenvalue weighted by Crippen LogP contribution is -2.68. The van der Waals surface area contributed by atoms with Crippen LogP contribution in [0.2, 0.25) is 0 Å². The third-order valence-corrected chi connectivity index (χ3v) is 5.02. The molecule has 9 nitrogen and oxygen atoms in total. The number of carbonyl (C=O) groups is 4. The lowest BCUT2D eigenvalue weighted by Gasteiger charge is -2.47. The lowest BCUT2D eigenvalue weighted by atomic mass is 10.0. The number of nitrogens with zero attached hydrogens (tertiary/aromatic N) is 1. The van der Waals surface area contributed by atoms with Gasteiger partial charge in [-0.2, -0.15) is 0 Å². The van der Waals surface area contributed by atoms with E-state index in [1.54, 1.807) is 5.32 Å². The van der Waals surface area contributed by atoms with Crippen molar-refractivity contribution in [3.63, 3.8) is 0 Å². The summed E-state index contributed by atoms with van der Waals surface area (Å²) in [6.45, 7) is -0.459. The number of aliphatic carboxylic acids is 1. The highest BCUT2D eigenvalue weighted by Gasteiger charge is 2.51. The summed E-state index contributed by atoms with van der Waals surface area (Å²) < 4.78 is 2.40. The number of halogens is 3. The molecule has 24 heavy (non-hydrogen) atoms. The normalized spacial score (nSPS) is 23.3. The van der Waals surface area contributed by atoms with Crippen LogP contribution in [0.4, 0.5) is 4.79 Å². The van der Waals surface area contributed by atoms with Crippen molar-refractivity contribution in [2.24, 2.45) is 5.73 Å². The first-order chi connectivity index (χ1) is 11.0. The van der Waals surface area contributed by atoms with Crippen molar-refractivity contribution in [3.05, 3.63) is 11.3 Å². The van der Waals surface area contributed by atoms with E-state index >= 15 is 0 Å². The van der Waals surface area contributed by atoms with Crippen molar-refractivity contribution in [3.8, 4) is 0 Å². The maximum Gasteiger partial charge on any atom is 0.414 e. The Bertz CT molecular complexity index is 649. The molecule has 4 N–H and O–H groups in total. The summed E-state index contributed by atoms with van der Waals surface area (Å²) in [5.41, 5.74) is 5.50. The molecular weight excluding hydrogens is 409 g/mol. The Morgan fingerprint density at radius 3 is 2.58 bits per heavy atom. The summed E-state index contributed by atoms with van der Waals surface area (Å²) in [6.07, 6.45) is -1.22. The van der Waals surface area contributed by atoms with Gasteiger partial charge in [-0.1, -0.05) is 34.8 Å². The van der Waals surface area contributed by atoms with Crippen LogP contribution in [0.3, 0.4) is 0 Å². The van der Waals surface area contributed by atoms with E-state index in [1.807, 2.05) is 0 Å². The molecule has 13 heteroatoms. The van der Waals surface area contributed by atoms with Crippen LogP contribution in [-0.4, -0.2) is 61.5 Å². The van der Waals surface area contributed by atoms with Gasteiger partial charge >= 0.3 is 12.1 Å². The van der Waals surface area contributed by atoms with Crippen LogP contribution in [0.25, 0.3) is 0 Å². The van der Waals surface area contributed by atoms with E-state index in [4.69, 9.17) is 45.3 Å². The minimum absolute atomic E-state index is 0.181. The topological polar surface area (TPSA) is 139 Å². The van der Waals surface area contributed by atoms with Crippen molar-refractivity contribution in [1.82, 2.24) is 10.2 Å². The van der Waals surface area contributed by atoms with Crippen LogP contribution in [0.5, 0.6) is 0 Å². The number of hydrogen-bond acceptors (Lipinski definition) is 7. The van der Waals surface area contributed by atoms with Crippen molar-refractivity contribution in [1.29, 1.82) is 0 Å². The van der Waals surface area contributed by atoms with E-state index in [-0.39, 0.29) is 17.0 Å². The first kappa shape index (κ1) is 19.1. The number of rotatable bonds is 3. The maximum atomic E-state index is 11.7. The number of amides is 3. The predicted octanol–water partition coefficient (Wildman–Crippen LogP) is 0.191. The number of nitrogens with one attached hydrogen (secondary N) is 1. The van der Waals surface area contributed by atoms with Gasteiger partial charge in [0.2, 0.25) is 5.91 Å². The maximum absolute atomic E-state index is 11.7. The van der Waals surface area contributed by atoms with E-state index in [0.29, 0.717) is 0 Å². The zero-order valence-electron chi connectivity index (χ0n) is 11.6. The molecule has 132 valence electrons. The molecule has 2 rings (SSSR count). The standard InChI is InChI=1S/C11H10Cl3N3O6S/c12-11(13,14)9(21)16-10(22)23-1-3-2-24-7-4(15)6(18)17(7)5(3)8(19)20/h4,7H,1-2,15H2,(H,19,20)(H,16,21,22)/t4?,7-/m1/s1. The van der Waals surface area contributed by atoms with Gasteiger partial charge in [-0.15, -0.1) is 11.8 Å². The van der Waals surface area contributed by atoms with Crippen LogP contribution in [0.15, 0.2) is 11.3 Å². The SMILES string of the molecule is NC1C(=O)N2C(C(=O)O)=C(COC(=O)NC(=O)C(Cl)(Cl)Cl)CS[C@H]12. The molecule has 0 saturated carbocycles. The molecule has 0 radical (unpaired) electrons. The Morgan fingerprint density at radius 2 is 2.04 bits per heavy atom. The van der Waals surface area contributed by atoms with E-state index in [1.165, 1.54) is 11.8 Å². The highest BCUT2D eigenvalue weighted by molar-refractivity contribution is 8.00. The molecule has 2 heterocycles. The number of β-lactam (4-membered cyclic amide) rings is 1. The van der Waals surface area contributed by atoms with Crippen LogP contribution in [0.1, 0.15) is 0 Å². The fourth-order valence-corrected chi connectivity index (χ4v) is 3.46. The van der Waals surface area contributed by atoms with Crippen molar-refractivity contribution in [2.75, 3.05) is 12.4 Å². The van der Waals surface area contributed by atoms with E-state index in [9.17, 15) is 24.3 Å². The minimum atomic E-state index is -2.35. The molecule has 2 aliphatic heterocycles. The zero-order valence-corrected chi connectivity index (χ0v) is 14.7. The molecule has 3 amide bonds. The summed E-state index contributed by atoms with van der Waals surface area (Å²) in [4.78, 5) is 47.0. The van der Waals surface area contributed by atoms with Gasteiger partial charge < -0.3 is 15.6 Å². The monoisotopic (exact) mass is 417 g/mol. The Hall–Kier alpha value is -1.20. The summed E-state index contributed by atoms with van der Waals surface area (Å²) >= 11 is 17.1. The molecule has 1 fully saturated rings. The summed E-state index contributed by atoms with van der Waals surface area (Å²) in [5.74, 6) is -2.91. The predicted molar refractivity (Wildman–Crippen MR) is 85.5 cm³/mol. The molecule has 0 aliphatic carbocycles. The number of imide groups is 1. The fraction of sp³-hybridized carbons (Fsp3) is 0.455. The van der Waals surface area contributed by atoms with Gasteiger partial charge in [-0.25, -0.2) is 9.59 Å². The van der Waals surface area contributed by atoms with Gasteiger partial charge in [0.15, 0.2) is 0 Å². The van der Waals surface area contributed by atoms with Crippen LogP contribution in [0, 0.1) is 0 Å². The quantitative estimate of drug-likeness (QED) is 0.436. The second-order valence-electron chi connectivity index (χ2n) is 4.72. The Labute approximate surface area is 154 Å². The molecule has 1 unspecified atom stereocenters. The first-order valence-electron chi connectivity index (χ1n) is 6.24. The average molecular weight is 419 g/mol. The number of hydrogen-bond donors (Lipinski definition) is 3. The molecule has 0 aromatic rings. The third-order valence-electron chi connectivity index (χ3n) is 3.14. The fourth-order valence-electron chi connectivity index (χ4n) is 2.04. The first-order valence-corrected chi connectivity index (χ1v) is 8.42. The van der Waals surface area contributed by atoms with Gasteiger partial charge in [0.1, 0.15) is 23.7 Å². The molecule has 0 aromatic carbocycles. The average Bonchev–Trinajstić information content (AvgIpc) is 2.49. The van der Waals surface area contributed by atoms with Gasteiger partial charge in [0.05, 0.1) is 0 Å². The molecular formula is C11H10Cl3N3O6S. The highest BCUT2D eigenvalue weighted by Crippen LogP contribution is 2.39. The lowest BCUT2D eigenvalue weighted by molar-refractivity contribution is -0.148. The molecule has 0 bridgehead atoms. The Kier molecular flexibility index (Phi) is 5.55. The summed E-state index contributed by atoms with van der Waals surface area (Å²) in [7, 11) is 0. The van der Waals surface area contributed by atoms with Gasteiger partial charge in [-0.3, -0.25) is 19.8 Å². The largest absolute Gasteiger partial charge is 0.477 e. The number of nitrogens with two attached hydrogens (primary N) is 1. The van der Waals surface area contributed by atoms with Crippen molar-refractivity contribution < 1.29 is 29.0 Å². The number of fused-ring (bicyclic) bond motifs is 1. The van der Waals surface area contributed by atoms with E-state index in [2.05, 4.69) is 0 Å². The number of thioether (sulfide) groups is 1. The number of alkyl carbamates (subject to hydrolysis) is 1. The zero-order chi connectivity index (χ0) is 18.2. The van der Waals surface area contributed by atoms with Crippen LogP contribution in [-0.2, 0) is 19.1 Å².